The average molecular weight is 223 g/mol. The lowest BCUT2D eigenvalue weighted by molar-refractivity contribution is 0.0596. The summed E-state index contributed by atoms with van der Waals surface area (Å²) in [6.45, 7) is 1.60. The Morgan fingerprint density at radius 2 is 2.25 bits per heavy atom. The maximum Gasteiger partial charge on any atom is 0.341 e. The minimum Gasteiger partial charge on any atom is -0.507 e. The van der Waals surface area contributed by atoms with Gasteiger partial charge in [-0.15, -0.1) is 0 Å². The number of phenolic OH excluding ortho intramolecular Hbond substituents is 1. The van der Waals surface area contributed by atoms with Crippen LogP contribution in [0.3, 0.4) is 0 Å². The first kappa shape index (κ1) is 10.8. The molecule has 0 aromatic heterocycles. The predicted molar refractivity (Wildman–Crippen MR) is 56.7 cm³/mol. The zero-order valence-corrected chi connectivity index (χ0v) is 8.90. The topological polar surface area (TPSA) is 67.8 Å². The van der Waals surface area contributed by atoms with Gasteiger partial charge in [0, 0.05) is 13.1 Å². The summed E-state index contributed by atoms with van der Waals surface area (Å²) in [7, 11) is 1.27. The number of esters is 1. The molecule has 0 aliphatic carbocycles. The van der Waals surface area contributed by atoms with Crippen molar-refractivity contribution in [1.82, 2.24) is 5.32 Å². The van der Waals surface area contributed by atoms with E-state index in [4.69, 9.17) is 4.74 Å². The van der Waals surface area contributed by atoms with E-state index in [1.807, 2.05) is 0 Å². The number of methoxy groups -OCH3 is 1. The molecule has 0 amide bonds. The largest absolute Gasteiger partial charge is 0.507 e. The highest BCUT2D eigenvalue weighted by Gasteiger charge is 2.19. The first-order chi connectivity index (χ1) is 7.70. The van der Waals surface area contributed by atoms with Crippen molar-refractivity contribution in [2.45, 2.75) is 6.10 Å². The fourth-order valence-corrected chi connectivity index (χ4v) is 1.40. The van der Waals surface area contributed by atoms with E-state index in [2.05, 4.69) is 10.1 Å². The first-order valence-electron chi connectivity index (χ1n) is 4.99. The molecular formula is C11H13NO4. The van der Waals surface area contributed by atoms with Gasteiger partial charge in [-0.05, 0) is 18.2 Å². The fourth-order valence-electron chi connectivity index (χ4n) is 1.40. The Labute approximate surface area is 93.0 Å². The molecule has 1 heterocycles. The standard InChI is InChI=1S/C11H13NO4/c1-15-11(14)9-4-7(2-3-10(9)13)16-8-5-12-6-8/h2-4,8,12-13H,5-6H2,1H3. The lowest BCUT2D eigenvalue weighted by Gasteiger charge is -2.27. The van der Waals surface area contributed by atoms with E-state index in [1.165, 1.54) is 19.2 Å². The van der Waals surface area contributed by atoms with Crippen LogP contribution in [-0.4, -0.2) is 37.4 Å². The van der Waals surface area contributed by atoms with Crippen LogP contribution in [0.25, 0.3) is 0 Å². The molecule has 86 valence electrons. The van der Waals surface area contributed by atoms with Crippen molar-refractivity contribution in [1.29, 1.82) is 0 Å². The highest BCUT2D eigenvalue weighted by molar-refractivity contribution is 5.92. The Morgan fingerprint density at radius 1 is 1.50 bits per heavy atom. The van der Waals surface area contributed by atoms with Crippen molar-refractivity contribution in [3.05, 3.63) is 23.8 Å². The molecule has 1 aromatic rings. The Hall–Kier alpha value is -1.75. The molecule has 1 aromatic carbocycles. The second kappa shape index (κ2) is 4.40. The second-order valence-corrected chi connectivity index (χ2v) is 3.57. The molecule has 0 bridgehead atoms. The quantitative estimate of drug-likeness (QED) is 0.731. The van der Waals surface area contributed by atoms with E-state index in [-0.39, 0.29) is 17.4 Å². The van der Waals surface area contributed by atoms with Gasteiger partial charge in [0.2, 0.25) is 0 Å². The van der Waals surface area contributed by atoms with E-state index >= 15 is 0 Å². The number of aromatic hydroxyl groups is 1. The number of phenols is 1. The van der Waals surface area contributed by atoms with Crippen LogP contribution in [0.5, 0.6) is 11.5 Å². The number of hydrogen-bond acceptors (Lipinski definition) is 5. The van der Waals surface area contributed by atoms with Gasteiger partial charge in [0.25, 0.3) is 0 Å². The summed E-state index contributed by atoms with van der Waals surface area (Å²) in [5, 5.41) is 12.5. The molecular weight excluding hydrogens is 210 g/mol. The molecule has 1 saturated heterocycles. The van der Waals surface area contributed by atoms with E-state index in [9.17, 15) is 9.90 Å². The summed E-state index contributed by atoms with van der Waals surface area (Å²) in [4.78, 5) is 11.3. The summed E-state index contributed by atoms with van der Waals surface area (Å²) >= 11 is 0. The zero-order chi connectivity index (χ0) is 11.5. The fraction of sp³-hybridized carbons (Fsp3) is 0.364. The van der Waals surface area contributed by atoms with Crippen LogP contribution >= 0.6 is 0 Å². The van der Waals surface area contributed by atoms with Crippen LogP contribution in [0.15, 0.2) is 18.2 Å². The normalized spacial score (nSPS) is 15.3. The van der Waals surface area contributed by atoms with E-state index in [1.54, 1.807) is 6.07 Å². The second-order valence-electron chi connectivity index (χ2n) is 3.57. The third kappa shape index (κ3) is 2.09. The predicted octanol–water partition coefficient (Wildman–Crippen LogP) is 0.529. The van der Waals surface area contributed by atoms with Crippen LogP contribution in [-0.2, 0) is 4.74 Å². The molecule has 5 heteroatoms. The zero-order valence-electron chi connectivity index (χ0n) is 8.90. The first-order valence-corrected chi connectivity index (χ1v) is 4.99. The van der Waals surface area contributed by atoms with Gasteiger partial charge < -0.3 is 19.9 Å². The highest BCUT2D eigenvalue weighted by Crippen LogP contribution is 2.24. The van der Waals surface area contributed by atoms with E-state index in [0.29, 0.717) is 5.75 Å². The number of hydrogen-bond donors (Lipinski definition) is 2. The van der Waals surface area contributed by atoms with Gasteiger partial charge in [0.15, 0.2) is 0 Å². The summed E-state index contributed by atoms with van der Waals surface area (Å²) in [6, 6.07) is 4.53. The van der Waals surface area contributed by atoms with Gasteiger partial charge in [0.05, 0.1) is 7.11 Å². The molecule has 16 heavy (non-hydrogen) atoms. The van der Waals surface area contributed by atoms with Crippen LogP contribution in [0.1, 0.15) is 10.4 Å². The Kier molecular flexibility index (Phi) is 2.96. The number of benzene rings is 1. The van der Waals surface area contributed by atoms with Gasteiger partial charge in [-0.25, -0.2) is 4.79 Å². The highest BCUT2D eigenvalue weighted by atomic mass is 16.5. The summed E-state index contributed by atoms with van der Waals surface area (Å²) in [5.74, 6) is -0.120. The van der Waals surface area contributed by atoms with Crippen molar-refractivity contribution in [3.63, 3.8) is 0 Å². The molecule has 0 saturated carbocycles. The molecule has 0 unspecified atom stereocenters. The van der Waals surface area contributed by atoms with Crippen LogP contribution in [0.4, 0.5) is 0 Å². The maximum atomic E-state index is 11.3. The number of nitrogens with one attached hydrogen (secondary N) is 1. The lowest BCUT2D eigenvalue weighted by Crippen LogP contribution is -2.50. The summed E-state index contributed by atoms with van der Waals surface area (Å²) in [6.07, 6.45) is 0.134. The molecule has 2 N–H and O–H groups in total. The molecule has 1 fully saturated rings. The minimum atomic E-state index is -0.574. The van der Waals surface area contributed by atoms with Gasteiger partial charge in [0.1, 0.15) is 23.2 Å². The van der Waals surface area contributed by atoms with Crippen LogP contribution < -0.4 is 10.1 Å². The Bertz CT molecular complexity index is 401. The van der Waals surface area contributed by atoms with Crippen LogP contribution in [0.2, 0.25) is 0 Å². The number of rotatable bonds is 3. The van der Waals surface area contributed by atoms with Gasteiger partial charge in [-0.2, -0.15) is 0 Å². The molecule has 0 atom stereocenters. The Morgan fingerprint density at radius 3 is 2.81 bits per heavy atom. The SMILES string of the molecule is COC(=O)c1cc(OC2CNC2)ccc1O. The van der Waals surface area contributed by atoms with Gasteiger partial charge in [-0.3, -0.25) is 0 Å². The number of ether oxygens (including phenoxy) is 2. The smallest absolute Gasteiger partial charge is 0.341 e. The van der Waals surface area contributed by atoms with Crippen molar-refractivity contribution in [2.75, 3.05) is 20.2 Å². The molecule has 2 rings (SSSR count). The molecule has 1 aliphatic rings. The number of carbonyl (C=O) groups excluding carboxylic acids is 1. The third-order valence-corrected chi connectivity index (χ3v) is 2.42. The van der Waals surface area contributed by atoms with Crippen molar-refractivity contribution < 1.29 is 19.4 Å². The monoisotopic (exact) mass is 223 g/mol. The summed E-state index contributed by atoms with van der Waals surface area (Å²) < 4.78 is 10.1. The van der Waals surface area contributed by atoms with E-state index < -0.39 is 5.97 Å². The lowest BCUT2D eigenvalue weighted by atomic mass is 10.2. The van der Waals surface area contributed by atoms with E-state index in [0.717, 1.165) is 13.1 Å². The number of carbonyl (C=O) groups is 1. The van der Waals surface area contributed by atoms with Crippen LogP contribution in [0, 0.1) is 0 Å². The van der Waals surface area contributed by atoms with Gasteiger partial charge >= 0.3 is 5.97 Å². The van der Waals surface area contributed by atoms with Crippen molar-refractivity contribution in [3.8, 4) is 11.5 Å². The van der Waals surface area contributed by atoms with Crippen molar-refractivity contribution >= 4 is 5.97 Å². The average Bonchev–Trinajstić information content (AvgIpc) is 2.24. The minimum absolute atomic E-state index is 0.106. The third-order valence-electron chi connectivity index (χ3n) is 2.42. The summed E-state index contributed by atoms with van der Waals surface area (Å²) in [5.41, 5.74) is 0.118. The molecule has 5 nitrogen and oxygen atoms in total. The Balaban J connectivity index is 2.17. The van der Waals surface area contributed by atoms with Gasteiger partial charge in [-0.1, -0.05) is 0 Å². The maximum absolute atomic E-state index is 11.3. The molecule has 0 spiro atoms. The van der Waals surface area contributed by atoms with Crippen molar-refractivity contribution in [2.24, 2.45) is 0 Å². The molecule has 0 radical (unpaired) electrons. The molecule has 1 aliphatic heterocycles.